The summed E-state index contributed by atoms with van der Waals surface area (Å²) in [7, 11) is -3.81. The van der Waals surface area contributed by atoms with E-state index < -0.39 is 10.0 Å². The van der Waals surface area contributed by atoms with Gasteiger partial charge in [0.05, 0.1) is 11.9 Å². The van der Waals surface area contributed by atoms with E-state index in [0.29, 0.717) is 15.2 Å². The van der Waals surface area contributed by atoms with Gasteiger partial charge in [-0.15, -0.1) is 0 Å². The van der Waals surface area contributed by atoms with Crippen LogP contribution in [0.15, 0.2) is 27.7 Å². The van der Waals surface area contributed by atoms with Crippen molar-refractivity contribution < 1.29 is 8.42 Å². The maximum absolute atomic E-state index is 12.1. The Morgan fingerprint density at radius 3 is 2.74 bits per heavy atom. The van der Waals surface area contributed by atoms with Crippen molar-refractivity contribution in [2.45, 2.75) is 11.8 Å². The highest BCUT2D eigenvalue weighted by Crippen LogP contribution is 2.31. The van der Waals surface area contributed by atoms with Crippen LogP contribution in [-0.4, -0.2) is 18.6 Å². The van der Waals surface area contributed by atoms with Gasteiger partial charge in [0, 0.05) is 9.50 Å². The summed E-state index contributed by atoms with van der Waals surface area (Å²) in [6.07, 6.45) is 1.14. The van der Waals surface area contributed by atoms with Crippen LogP contribution in [0.3, 0.4) is 0 Å². The number of benzene rings is 1. The lowest BCUT2D eigenvalue weighted by Gasteiger charge is -2.10. The largest absolute Gasteiger partial charge is 0.383 e. The molecule has 0 bridgehead atoms. The number of nitrogens with one attached hydrogen (secondary N) is 2. The van der Waals surface area contributed by atoms with Crippen LogP contribution in [0.2, 0.25) is 5.02 Å². The molecular weight excluding hydrogens is 356 g/mol. The molecule has 0 saturated carbocycles. The van der Waals surface area contributed by atoms with E-state index in [9.17, 15) is 8.42 Å². The van der Waals surface area contributed by atoms with Crippen molar-refractivity contribution in [2.75, 3.05) is 10.5 Å². The molecule has 0 spiro atoms. The standard InChI is InChI=1S/C10H10BrClN4O2S/c1-5-2-6(11)8(3-7(5)12)16-19(17,18)9-4-14-15-10(9)13/h2-4,16H,1H3,(H3,13,14,15). The second kappa shape index (κ2) is 5.03. The summed E-state index contributed by atoms with van der Waals surface area (Å²) < 4.78 is 27.2. The fraction of sp³-hybridized carbons (Fsp3) is 0.100. The first-order valence-electron chi connectivity index (χ1n) is 5.08. The lowest BCUT2D eigenvalue weighted by molar-refractivity contribution is 0.601. The number of nitrogens with two attached hydrogens (primary N) is 1. The average molecular weight is 366 g/mol. The molecule has 0 unspecified atom stereocenters. The number of H-pyrrole nitrogens is 1. The number of rotatable bonds is 3. The van der Waals surface area contributed by atoms with Gasteiger partial charge in [0.2, 0.25) is 0 Å². The number of nitrogen functional groups attached to an aromatic ring is 1. The highest BCUT2D eigenvalue weighted by molar-refractivity contribution is 9.10. The van der Waals surface area contributed by atoms with E-state index in [-0.39, 0.29) is 10.7 Å². The Balaban J connectivity index is 2.42. The van der Waals surface area contributed by atoms with Crippen molar-refractivity contribution in [3.63, 3.8) is 0 Å². The zero-order valence-electron chi connectivity index (χ0n) is 9.74. The van der Waals surface area contributed by atoms with Gasteiger partial charge in [-0.1, -0.05) is 11.6 Å². The van der Waals surface area contributed by atoms with Crippen molar-refractivity contribution in [1.29, 1.82) is 0 Å². The molecule has 0 fully saturated rings. The van der Waals surface area contributed by atoms with Crippen LogP contribution in [0, 0.1) is 6.92 Å². The summed E-state index contributed by atoms with van der Waals surface area (Å²) in [5, 5.41) is 6.40. The molecule has 1 aromatic carbocycles. The van der Waals surface area contributed by atoms with Crippen LogP contribution >= 0.6 is 27.5 Å². The summed E-state index contributed by atoms with van der Waals surface area (Å²) in [6, 6.07) is 3.24. The molecule has 1 heterocycles. The van der Waals surface area contributed by atoms with E-state index in [0.717, 1.165) is 11.8 Å². The SMILES string of the molecule is Cc1cc(Br)c(NS(=O)(=O)c2cn[nH]c2N)cc1Cl. The highest BCUT2D eigenvalue weighted by atomic mass is 79.9. The Morgan fingerprint density at radius 1 is 1.47 bits per heavy atom. The maximum atomic E-state index is 12.1. The molecule has 0 radical (unpaired) electrons. The molecular formula is C10H10BrClN4O2S. The van der Waals surface area contributed by atoms with Crippen molar-refractivity contribution in [2.24, 2.45) is 0 Å². The third kappa shape index (κ3) is 2.85. The first kappa shape index (κ1) is 14.2. The second-order valence-corrected chi connectivity index (χ2v) is 6.75. The van der Waals surface area contributed by atoms with E-state index in [1.807, 2.05) is 6.92 Å². The van der Waals surface area contributed by atoms with Crippen molar-refractivity contribution in [3.8, 4) is 0 Å². The molecule has 6 nitrogen and oxygen atoms in total. The first-order chi connectivity index (χ1) is 8.81. The van der Waals surface area contributed by atoms with Gasteiger partial charge in [-0.25, -0.2) is 8.42 Å². The molecule has 0 atom stereocenters. The monoisotopic (exact) mass is 364 g/mol. The van der Waals surface area contributed by atoms with Gasteiger partial charge < -0.3 is 5.73 Å². The zero-order chi connectivity index (χ0) is 14.2. The topological polar surface area (TPSA) is 101 Å². The lowest BCUT2D eigenvalue weighted by atomic mass is 10.2. The summed E-state index contributed by atoms with van der Waals surface area (Å²) in [5.41, 5.74) is 6.66. The number of aromatic nitrogens is 2. The molecule has 0 aliphatic carbocycles. The molecule has 1 aromatic heterocycles. The van der Waals surface area contributed by atoms with Crippen LogP contribution in [-0.2, 0) is 10.0 Å². The quantitative estimate of drug-likeness (QED) is 0.778. The summed E-state index contributed by atoms with van der Waals surface area (Å²) in [6.45, 7) is 1.82. The maximum Gasteiger partial charge on any atom is 0.267 e. The fourth-order valence-corrected chi connectivity index (χ4v) is 3.37. The molecule has 19 heavy (non-hydrogen) atoms. The van der Waals surface area contributed by atoms with E-state index in [2.05, 4.69) is 30.8 Å². The Kier molecular flexibility index (Phi) is 3.75. The number of aryl methyl sites for hydroxylation is 1. The molecule has 4 N–H and O–H groups in total. The second-order valence-electron chi connectivity index (χ2n) is 3.83. The van der Waals surface area contributed by atoms with Crippen LogP contribution in [0.4, 0.5) is 11.5 Å². The minimum Gasteiger partial charge on any atom is -0.383 e. The zero-order valence-corrected chi connectivity index (χ0v) is 12.9. The van der Waals surface area contributed by atoms with Gasteiger partial charge in [-0.3, -0.25) is 9.82 Å². The third-order valence-corrected chi connectivity index (χ3v) is 4.87. The normalized spacial score (nSPS) is 11.5. The molecule has 2 aromatic rings. The predicted octanol–water partition coefficient (Wildman–Crippen LogP) is 2.52. The van der Waals surface area contributed by atoms with Crippen molar-refractivity contribution >= 4 is 49.1 Å². The molecule has 0 aliphatic rings. The van der Waals surface area contributed by atoms with Crippen LogP contribution in [0.1, 0.15) is 5.56 Å². The number of halogens is 2. The Morgan fingerprint density at radius 2 is 2.16 bits per heavy atom. The van der Waals surface area contributed by atoms with Crippen LogP contribution in [0.25, 0.3) is 0 Å². The van der Waals surface area contributed by atoms with Gasteiger partial charge in [-0.2, -0.15) is 5.10 Å². The van der Waals surface area contributed by atoms with Gasteiger partial charge in [0.1, 0.15) is 10.7 Å². The minimum atomic E-state index is -3.81. The lowest BCUT2D eigenvalue weighted by Crippen LogP contribution is -2.14. The predicted molar refractivity (Wildman–Crippen MR) is 77.7 cm³/mol. The molecule has 0 amide bonds. The third-order valence-electron chi connectivity index (χ3n) is 2.41. The van der Waals surface area contributed by atoms with E-state index in [4.69, 9.17) is 17.3 Å². The molecule has 2 rings (SSSR count). The molecule has 0 saturated heterocycles. The van der Waals surface area contributed by atoms with Crippen LogP contribution < -0.4 is 10.5 Å². The summed E-state index contributed by atoms with van der Waals surface area (Å²) >= 11 is 9.25. The Bertz CT molecular complexity index is 729. The number of hydrogen-bond acceptors (Lipinski definition) is 4. The fourth-order valence-electron chi connectivity index (χ4n) is 1.42. The van der Waals surface area contributed by atoms with E-state index in [1.165, 1.54) is 6.07 Å². The van der Waals surface area contributed by atoms with Crippen molar-refractivity contribution in [1.82, 2.24) is 10.2 Å². The summed E-state index contributed by atoms with van der Waals surface area (Å²) in [4.78, 5) is -0.115. The Labute approximate surface area is 123 Å². The molecule has 0 aliphatic heterocycles. The number of hydrogen-bond donors (Lipinski definition) is 3. The van der Waals surface area contributed by atoms with Gasteiger partial charge in [0.25, 0.3) is 10.0 Å². The van der Waals surface area contributed by atoms with Crippen molar-refractivity contribution in [3.05, 3.63) is 33.4 Å². The molecule has 102 valence electrons. The number of sulfonamides is 1. The number of nitrogens with zero attached hydrogens (tertiary/aromatic N) is 1. The highest BCUT2D eigenvalue weighted by Gasteiger charge is 2.20. The van der Waals surface area contributed by atoms with Gasteiger partial charge in [-0.05, 0) is 40.5 Å². The smallest absolute Gasteiger partial charge is 0.267 e. The number of anilines is 2. The number of aromatic amines is 1. The minimum absolute atomic E-state index is 0.0261. The molecule has 9 heteroatoms. The average Bonchev–Trinajstić information content (AvgIpc) is 2.73. The van der Waals surface area contributed by atoms with E-state index >= 15 is 0 Å². The van der Waals surface area contributed by atoms with Gasteiger partial charge in [0.15, 0.2) is 0 Å². The van der Waals surface area contributed by atoms with E-state index in [1.54, 1.807) is 6.07 Å². The van der Waals surface area contributed by atoms with Crippen LogP contribution in [0.5, 0.6) is 0 Å². The summed E-state index contributed by atoms with van der Waals surface area (Å²) in [5.74, 6) is -0.0261. The first-order valence-corrected chi connectivity index (χ1v) is 7.74. The van der Waals surface area contributed by atoms with Gasteiger partial charge >= 0.3 is 0 Å². The Hall–Kier alpha value is -1.25.